The lowest BCUT2D eigenvalue weighted by molar-refractivity contribution is 0.580. The standard InChI is InChI=1S/C15H18N2O3S/c1-3-12-6-8-14(9-7-12)21(19,20)16-11-13-5-4-10-17(2)15(13)18/h4-10,16H,3,11H2,1-2H3. The molecule has 21 heavy (non-hydrogen) atoms. The summed E-state index contributed by atoms with van der Waals surface area (Å²) in [5, 5.41) is 0. The van der Waals surface area contributed by atoms with Crippen LogP contribution in [0.4, 0.5) is 0 Å². The van der Waals surface area contributed by atoms with Gasteiger partial charge in [-0.25, -0.2) is 13.1 Å². The van der Waals surface area contributed by atoms with Gasteiger partial charge in [-0.15, -0.1) is 0 Å². The summed E-state index contributed by atoms with van der Waals surface area (Å²) in [5.41, 5.74) is 1.28. The highest BCUT2D eigenvalue weighted by Crippen LogP contribution is 2.11. The van der Waals surface area contributed by atoms with Gasteiger partial charge in [-0.05, 0) is 30.2 Å². The van der Waals surface area contributed by atoms with Gasteiger partial charge in [0.25, 0.3) is 5.56 Å². The van der Waals surface area contributed by atoms with Crippen molar-refractivity contribution in [1.82, 2.24) is 9.29 Å². The van der Waals surface area contributed by atoms with Crippen molar-refractivity contribution in [2.45, 2.75) is 24.8 Å². The highest BCUT2D eigenvalue weighted by Gasteiger charge is 2.14. The molecule has 0 aliphatic carbocycles. The quantitative estimate of drug-likeness (QED) is 0.908. The minimum atomic E-state index is -3.61. The monoisotopic (exact) mass is 306 g/mol. The van der Waals surface area contributed by atoms with Gasteiger partial charge in [-0.3, -0.25) is 4.79 Å². The molecule has 1 aromatic carbocycles. The first kappa shape index (κ1) is 15.5. The van der Waals surface area contributed by atoms with E-state index in [9.17, 15) is 13.2 Å². The molecule has 0 fully saturated rings. The van der Waals surface area contributed by atoms with E-state index in [0.29, 0.717) is 5.56 Å². The lowest BCUT2D eigenvalue weighted by Gasteiger charge is -2.08. The molecule has 2 aromatic rings. The van der Waals surface area contributed by atoms with Crippen LogP contribution in [0.3, 0.4) is 0 Å². The molecule has 0 unspecified atom stereocenters. The van der Waals surface area contributed by atoms with Crippen LogP contribution in [0.1, 0.15) is 18.1 Å². The molecule has 1 heterocycles. The first-order chi connectivity index (χ1) is 9.94. The number of hydrogen-bond donors (Lipinski definition) is 1. The summed E-state index contributed by atoms with van der Waals surface area (Å²) >= 11 is 0. The zero-order valence-corrected chi connectivity index (χ0v) is 12.9. The third kappa shape index (κ3) is 3.59. The molecular formula is C15H18N2O3S. The maximum absolute atomic E-state index is 12.2. The van der Waals surface area contributed by atoms with E-state index in [1.54, 1.807) is 49.6 Å². The highest BCUT2D eigenvalue weighted by molar-refractivity contribution is 7.89. The second-order valence-corrected chi connectivity index (χ2v) is 6.54. The van der Waals surface area contributed by atoms with Gasteiger partial charge in [-0.2, -0.15) is 0 Å². The molecule has 1 N–H and O–H groups in total. The molecule has 112 valence electrons. The van der Waals surface area contributed by atoms with Gasteiger partial charge in [0, 0.05) is 25.4 Å². The fourth-order valence-electron chi connectivity index (χ4n) is 1.95. The Bertz CT molecular complexity index is 777. The fourth-order valence-corrected chi connectivity index (χ4v) is 2.96. The summed E-state index contributed by atoms with van der Waals surface area (Å²) in [5.74, 6) is 0. The molecule has 0 atom stereocenters. The lowest BCUT2D eigenvalue weighted by Crippen LogP contribution is -2.28. The van der Waals surface area contributed by atoms with Crippen LogP contribution in [0.5, 0.6) is 0 Å². The van der Waals surface area contributed by atoms with E-state index >= 15 is 0 Å². The molecule has 0 bridgehead atoms. The van der Waals surface area contributed by atoms with E-state index in [0.717, 1.165) is 12.0 Å². The van der Waals surface area contributed by atoms with Gasteiger partial charge in [0.2, 0.25) is 10.0 Å². The smallest absolute Gasteiger partial charge is 0.254 e. The third-order valence-corrected chi connectivity index (χ3v) is 4.71. The Hall–Kier alpha value is -1.92. The molecule has 0 spiro atoms. The number of nitrogens with one attached hydrogen (secondary N) is 1. The average Bonchev–Trinajstić information content (AvgIpc) is 2.49. The number of pyridine rings is 1. The van der Waals surface area contributed by atoms with Gasteiger partial charge in [0.15, 0.2) is 0 Å². The minimum absolute atomic E-state index is 0.0224. The molecule has 6 heteroatoms. The largest absolute Gasteiger partial charge is 0.318 e. The maximum Gasteiger partial charge on any atom is 0.254 e. The number of aryl methyl sites for hydroxylation is 2. The molecule has 0 aliphatic heterocycles. The van der Waals surface area contributed by atoms with Gasteiger partial charge in [0.1, 0.15) is 0 Å². The molecule has 5 nitrogen and oxygen atoms in total. The number of sulfonamides is 1. The second kappa shape index (κ2) is 6.24. The zero-order valence-electron chi connectivity index (χ0n) is 12.0. The fraction of sp³-hybridized carbons (Fsp3) is 0.267. The Morgan fingerprint density at radius 1 is 1.14 bits per heavy atom. The van der Waals surface area contributed by atoms with E-state index in [1.165, 1.54) is 4.57 Å². The first-order valence-corrected chi connectivity index (χ1v) is 8.15. The zero-order chi connectivity index (χ0) is 15.5. The van der Waals surface area contributed by atoms with Crippen molar-refractivity contribution in [2.75, 3.05) is 0 Å². The number of rotatable bonds is 5. The Kier molecular flexibility index (Phi) is 4.59. The average molecular weight is 306 g/mol. The van der Waals surface area contributed by atoms with Crippen LogP contribution >= 0.6 is 0 Å². The Balaban J connectivity index is 2.17. The van der Waals surface area contributed by atoms with E-state index in [4.69, 9.17) is 0 Å². The molecule has 2 rings (SSSR count). The van der Waals surface area contributed by atoms with Crippen molar-refractivity contribution in [3.63, 3.8) is 0 Å². The van der Waals surface area contributed by atoms with Gasteiger partial charge >= 0.3 is 0 Å². The van der Waals surface area contributed by atoms with Crippen LogP contribution in [0, 0.1) is 0 Å². The maximum atomic E-state index is 12.2. The molecule has 0 radical (unpaired) electrons. The summed E-state index contributed by atoms with van der Waals surface area (Å²) < 4.78 is 28.2. The van der Waals surface area contributed by atoms with E-state index in [-0.39, 0.29) is 17.0 Å². The Morgan fingerprint density at radius 2 is 1.81 bits per heavy atom. The molecule has 0 amide bonds. The summed E-state index contributed by atoms with van der Waals surface area (Å²) in [6, 6.07) is 10.0. The molecule has 0 saturated carbocycles. The number of aromatic nitrogens is 1. The van der Waals surface area contributed by atoms with Crippen molar-refractivity contribution in [2.24, 2.45) is 7.05 Å². The predicted octanol–water partition coefficient (Wildman–Crippen LogP) is 1.43. The first-order valence-electron chi connectivity index (χ1n) is 6.67. The van der Waals surface area contributed by atoms with Crippen molar-refractivity contribution in [1.29, 1.82) is 0 Å². The van der Waals surface area contributed by atoms with Gasteiger partial charge in [0.05, 0.1) is 4.90 Å². The second-order valence-electron chi connectivity index (χ2n) is 4.77. The SMILES string of the molecule is CCc1ccc(S(=O)(=O)NCc2cccn(C)c2=O)cc1. The van der Waals surface area contributed by atoms with E-state index in [1.807, 2.05) is 6.92 Å². The van der Waals surface area contributed by atoms with Crippen molar-refractivity contribution in [3.8, 4) is 0 Å². The number of benzene rings is 1. The van der Waals surface area contributed by atoms with E-state index < -0.39 is 10.0 Å². The van der Waals surface area contributed by atoms with Crippen molar-refractivity contribution in [3.05, 3.63) is 64.1 Å². The van der Waals surface area contributed by atoms with E-state index in [2.05, 4.69) is 4.72 Å². The van der Waals surface area contributed by atoms with Crippen LogP contribution < -0.4 is 10.3 Å². The van der Waals surface area contributed by atoms with Crippen LogP contribution in [-0.2, 0) is 30.0 Å². The van der Waals surface area contributed by atoms with Crippen molar-refractivity contribution >= 4 is 10.0 Å². The number of hydrogen-bond acceptors (Lipinski definition) is 3. The summed E-state index contributed by atoms with van der Waals surface area (Å²) in [6.45, 7) is 1.98. The minimum Gasteiger partial charge on any atom is -0.318 e. The number of nitrogens with zero attached hydrogens (tertiary/aromatic N) is 1. The van der Waals surface area contributed by atoms with Crippen LogP contribution in [-0.4, -0.2) is 13.0 Å². The predicted molar refractivity (Wildman–Crippen MR) is 81.5 cm³/mol. The highest BCUT2D eigenvalue weighted by atomic mass is 32.2. The summed E-state index contributed by atoms with van der Waals surface area (Å²) in [4.78, 5) is 12.0. The lowest BCUT2D eigenvalue weighted by atomic mass is 10.2. The topological polar surface area (TPSA) is 68.2 Å². The Labute approximate surface area is 124 Å². The van der Waals surface area contributed by atoms with Gasteiger partial charge < -0.3 is 4.57 Å². The third-order valence-electron chi connectivity index (χ3n) is 3.30. The molecule has 0 aliphatic rings. The van der Waals surface area contributed by atoms with Gasteiger partial charge in [-0.1, -0.05) is 25.1 Å². The molecular weight excluding hydrogens is 288 g/mol. The van der Waals surface area contributed by atoms with Crippen LogP contribution in [0.2, 0.25) is 0 Å². The van der Waals surface area contributed by atoms with Crippen LogP contribution in [0.15, 0.2) is 52.3 Å². The van der Waals surface area contributed by atoms with Crippen molar-refractivity contribution < 1.29 is 8.42 Å². The summed E-state index contributed by atoms with van der Waals surface area (Å²) in [6.07, 6.45) is 2.48. The molecule has 1 aromatic heterocycles. The molecule has 0 saturated heterocycles. The normalized spacial score (nSPS) is 11.5. The Morgan fingerprint density at radius 3 is 2.43 bits per heavy atom. The van der Waals surface area contributed by atoms with Crippen LogP contribution in [0.25, 0.3) is 0 Å². The summed E-state index contributed by atoms with van der Waals surface area (Å²) in [7, 11) is -1.98.